The fraction of sp³-hybridized carbons (Fsp3) is 0.727. The second-order valence-electron chi connectivity index (χ2n) is 3.87. The zero-order valence-electron chi connectivity index (χ0n) is 9.83. The Hall–Kier alpha value is -0.350. The van der Waals surface area contributed by atoms with Gasteiger partial charge in [0.25, 0.3) is 0 Å². The van der Waals surface area contributed by atoms with Gasteiger partial charge in [-0.2, -0.15) is 5.10 Å². The molecular formula is C11H20BrN3. The van der Waals surface area contributed by atoms with Crippen LogP contribution in [0, 0.1) is 0 Å². The van der Waals surface area contributed by atoms with E-state index in [0.29, 0.717) is 0 Å². The van der Waals surface area contributed by atoms with Crippen molar-refractivity contribution >= 4 is 15.9 Å². The molecule has 0 amide bonds. The van der Waals surface area contributed by atoms with Crippen LogP contribution in [0.4, 0.5) is 0 Å². The summed E-state index contributed by atoms with van der Waals surface area (Å²) >= 11 is 3.54. The molecule has 15 heavy (non-hydrogen) atoms. The topological polar surface area (TPSA) is 21.1 Å². The molecule has 0 saturated carbocycles. The van der Waals surface area contributed by atoms with E-state index in [-0.39, 0.29) is 0 Å². The lowest BCUT2D eigenvalue weighted by atomic mass is 10.3. The zero-order chi connectivity index (χ0) is 11.3. The summed E-state index contributed by atoms with van der Waals surface area (Å²) in [5.74, 6) is 0. The van der Waals surface area contributed by atoms with Crippen molar-refractivity contribution < 1.29 is 0 Å². The molecule has 0 atom stereocenters. The SMILES string of the molecule is CCCN(CCC)Cc1nn(C)cc1Br. The molecular weight excluding hydrogens is 254 g/mol. The van der Waals surface area contributed by atoms with Crippen LogP contribution in [-0.2, 0) is 13.6 Å². The lowest BCUT2D eigenvalue weighted by molar-refractivity contribution is 0.262. The summed E-state index contributed by atoms with van der Waals surface area (Å²) in [4.78, 5) is 2.45. The predicted molar refractivity (Wildman–Crippen MR) is 66.8 cm³/mol. The average molecular weight is 274 g/mol. The van der Waals surface area contributed by atoms with Gasteiger partial charge < -0.3 is 0 Å². The van der Waals surface area contributed by atoms with Crippen molar-refractivity contribution in [2.24, 2.45) is 7.05 Å². The van der Waals surface area contributed by atoms with Crippen LogP contribution in [0.1, 0.15) is 32.4 Å². The summed E-state index contributed by atoms with van der Waals surface area (Å²) in [6.07, 6.45) is 4.40. The van der Waals surface area contributed by atoms with Crippen LogP contribution in [0.5, 0.6) is 0 Å². The quantitative estimate of drug-likeness (QED) is 0.795. The highest BCUT2D eigenvalue weighted by atomic mass is 79.9. The number of rotatable bonds is 6. The molecule has 1 rings (SSSR count). The molecule has 1 aromatic rings. The summed E-state index contributed by atoms with van der Waals surface area (Å²) in [7, 11) is 1.96. The monoisotopic (exact) mass is 273 g/mol. The van der Waals surface area contributed by atoms with E-state index in [1.54, 1.807) is 0 Å². The molecule has 0 radical (unpaired) electrons. The number of nitrogens with zero attached hydrogens (tertiary/aromatic N) is 3. The Morgan fingerprint density at radius 3 is 2.33 bits per heavy atom. The Morgan fingerprint density at radius 2 is 1.93 bits per heavy atom. The highest BCUT2D eigenvalue weighted by molar-refractivity contribution is 9.10. The zero-order valence-corrected chi connectivity index (χ0v) is 11.4. The van der Waals surface area contributed by atoms with Gasteiger partial charge in [0.15, 0.2) is 0 Å². The second-order valence-corrected chi connectivity index (χ2v) is 4.73. The van der Waals surface area contributed by atoms with Gasteiger partial charge in [0.2, 0.25) is 0 Å². The predicted octanol–water partition coefficient (Wildman–Crippen LogP) is 2.80. The van der Waals surface area contributed by atoms with Crippen LogP contribution >= 0.6 is 15.9 Å². The van der Waals surface area contributed by atoms with Gasteiger partial charge in [-0.05, 0) is 41.9 Å². The highest BCUT2D eigenvalue weighted by Gasteiger charge is 2.09. The van der Waals surface area contributed by atoms with Crippen LogP contribution in [0.25, 0.3) is 0 Å². The molecule has 0 aliphatic heterocycles. The van der Waals surface area contributed by atoms with E-state index in [1.165, 1.54) is 12.8 Å². The van der Waals surface area contributed by atoms with Crippen molar-refractivity contribution in [1.82, 2.24) is 14.7 Å². The standard InChI is InChI=1S/C11H20BrN3/c1-4-6-15(7-5-2)9-11-10(12)8-14(3)13-11/h8H,4-7,9H2,1-3H3. The van der Waals surface area contributed by atoms with Crippen LogP contribution < -0.4 is 0 Å². The minimum Gasteiger partial charge on any atom is -0.297 e. The molecule has 86 valence electrons. The maximum Gasteiger partial charge on any atom is 0.0906 e. The molecule has 1 aromatic heterocycles. The van der Waals surface area contributed by atoms with Crippen molar-refractivity contribution in [3.63, 3.8) is 0 Å². The Bertz CT molecular complexity index is 290. The first kappa shape index (κ1) is 12.7. The Labute approximate surface area is 101 Å². The number of halogens is 1. The maximum absolute atomic E-state index is 4.44. The van der Waals surface area contributed by atoms with E-state index in [2.05, 4.69) is 39.8 Å². The maximum atomic E-state index is 4.44. The first-order chi connectivity index (χ1) is 7.17. The van der Waals surface area contributed by atoms with Crippen LogP contribution in [0.3, 0.4) is 0 Å². The molecule has 0 spiro atoms. The summed E-state index contributed by atoms with van der Waals surface area (Å²) in [5.41, 5.74) is 1.14. The lowest BCUT2D eigenvalue weighted by Gasteiger charge is -2.19. The number of aryl methyl sites for hydroxylation is 1. The molecule has 0 bridgehead atoms. The van der Waals surface area contributed by atoms with E-state index in [9.17, 15) is 0 Å². The minimum absolute atomic E-state index is 0.948. The van der Waals surface area contributed by atoms with Gasteiger partial charge in [-0.25, -0.2) is 0 Å². The smallest absolute Gasteiger partial charge is 0.0906 e. The number of hydrogen-bond donors (Lipinski definition) is 0. The molecule has 1 heterocycles. The third-order valence-electron chi connectivity index (χ3n) is 2.31. The first-order valence-corrected chi connectivity index (χ1v) is 6.37. The van der Waals surface area contributed by atoms with E-state index >= 15 is 0 Å². The summed E-state index contributed by atoms with van der Waals surface area (Å²) in [6, 6.07) is 0. The second kappa shape index (κ2) is 6.28. The first-order valence-electron chi connectivity index (χ1n) is 5.57. The Morgan fingerprint density at radius 1 is 1.33 bits per heavy atom. The Balaban J connectivity index is 2.60. The fourth-order valence-electron chi connectivity index (χ4n) is 1.73. The van der Waals surface area contributed by atoms with Crippen molar-refractivity contribution in [1.29, 1.82) is 0 Å². The summed E-state index contributed by atoms with van der Waals surface area (Å²) in [6.45, 7) is 7.68. The molecule has 0 aromatic carbocycles. The molecule has 0 fully saturated rings. The van der Waals surface area contributed by atoms with Crippen LogP contribution in [0.15, 0.2) is 10.7 Å². The molecule has 0 aliphatic carbocycles. The van der Waals surface area contributed by atoms with Crippen molar-refractivity contribution in [2.45, 2.75) is 33.2 Å². The molecule has 3 nitrogen and oxygen atoms in total. The summed E-state index contributed by atoms with van der Waals surface area (Å²) in [5, 5.41) is 4.44. The normalized spacial score (nSPS) is 11.3. The third kappa shape index (κ3) is 3.95. The van der Waals surface area contributed by atoms with Crippen LogP contribution in [-0.4, -0.2) is 27.8 Å². The van der Waals surface area contributed by atoms with Gasteiger partial charge in [-0.3, -0.25) is 9.58 Å². The third-order valence-corrected chi connectivity index (χ3v) is 2.97. The largest absolute Gasteiger partial charge is 0.297 e. The number of hydrogen-bond acceptors (Lipinski definition) is 2. The van der Waals surface area contributed by atoms with Gasteiger partial charge in [-0.1, -0.05) is 13.8 Å². The van der Waals surface area contributed by atoms with Crippen molar-refractivity contribution in [2.75, 3.05) is 13.1 Å². The molecule has 0 unspecified atom stereocenters. The number of aromatic nitrogens is 2. The molecule has 0 N–H and O–H groups in total. The van der Waals surface area contributed by atoms with Gasteiger partial charge in [0.05, 0.1) is 10.2 Å². The minimum atomic E-state index is 0.948. The van der Waals surface area contributed by atoms with Crippen molar-refractivity contribution in [3.8, 4) is 0 Å². The highest BCUT2D eigenvalue weighted by Crippen LogP contribution is 2.16. The lowest BCUT2D eigenvalue weighted by Crippen LogP contribution is -2.25. The van der Waals surface area contributed by atoms with Gasteiger partial charge in [0, 0.05) is 19.8 Å². The average Bonchev–Trinajstić information content (AvgIpc) is 2.46. The fourth-order valence-corrected chi connectivity index (χ4v) is 2.23. The van der Waals surface area contributed by atoms with E-state index in [4.69, 9.17) is 0 Å². The van der Waals surface area contributed by atoms with Gasteiger partial charge in [0.1, 0.15) is 0 Å². The van der Waals surface area contributed by atoms with E-state index in [0.717, 1.165) is 29.8 Å². The Kier molecular flexibility index (Phi) is 5.32. The van der Waals surface area contributed by atoms with Crippen molar-refractivity contribution in [3.05, 3.63) is 16.4 Å². The molecule has 0 aliphatic rings. The van der Waals surface area contributed by atoms with Gasteiger partial charge in [-0.15, -0.1) is 0 Å². The van der Waals surface area contributed by atoms with Crippen LogP contribution in [0.2, 0.25) is 0 Å². The van der Waals surface area contributed by atoms with Gasteiger partial charge >= 0.3 is 0 Å². The summed E-state index contributed by atoms with van der Waals surface area (Å²) < 4.78 is 2.97. The molecule has 0 saturated heterocycles. The van der Waals surface area contributed by atoms with E-state index < -0.39 is 0 Å². The molecule has 4 heteroatoms. The van der Waals surface area contributed by atoms with E-state index in [1.807, 2.05) is 17.9 Å².